The van der Waals surface area contributed by atoms with Crippen LogP contribution in [0.25, 0.3) is 11.1 Å². The highest BCUT2D eigenvalue weighted by Gasteiger charge is 2.34. The van der Waals surface area contributed by atoms with E-state index in [0.717, 1.165) is 28.2 Å². The van der Waals surface area contributed by atoms with Gasteiger partial charge in [-0.25, -0.2) is 9.18 Å². The minimum Gasteiger partial charge on any atom is -0.493 e. The number of anilines is 1. The van der Waals surface area contributed by atoms with E-state index in [2.05, 4.69) is 5.32 Å². The van der Waals surface area contributed by atoms with Crippen molar-refractivity contribution in [3.05, 3.63) is 63.6 Å². The zero-order valence-electron chi connectivity index (χ0n) is 17.6. The Kier molecular flexibility index (Phi) is 6.14. The second kappa shape index (κ2) is 9.00. The molecule has 0 fully saturated rings. The molecule has 0 unspecified atom stereocenters. The van der Waals surface area contributed by atoms with Crippen LogP contribution in [-0.4, -0.2) is 30.7 Å². The Labute approximate surface area is 188 Å². The van der Waals surface area contributed by atoms with E-state index in [4.69, 9.17) is 9.47 Å². The Morgan fingerprint density at radius 2 is 1.97 bits per heavy atom. The van der Waals surface area contributed by atoms with Crippen molar-refractivity contribution in [2.24, 2.45) is 0 Å². The fourth-order valence-corrected chi connectivity index (χ4v) is 5.08. The lowest BCUT2D eigenvalue weighted by molar-refractivity contribution is -0.116. The Bertz CT molecular complexity index is 1170. The number of hydrogen-bond donors (Lipinski definition) is 2. The number of benzene rings is 2. The van der Waals surface area contributed by atoms with Crippen molar-refractivity contribution in [2.45, 2.75) is 25.7 Å². The van der Waals surface area contributed by atoms with Crippen molar-refractivity contribution < 1.29 is 28.6 Å². The lowest BCUT2D eigenvalue weighted by Gasteiger charge is -2.24. The van der Waals surface area contributed by atoms with Crippen LogP contribution in [0.3, 0.4) is 0 Å². The Morgan fingerprint density at radius 1 is 1.22 bits per heavy atom. The van der Waals surface area contributed by atoms with Crippen molar-refractivity contribution in [1.82, 2.24) is 0 Å². The molecule has 1 aliphatic heterocycles. The van der Waals surface area contributed by atoms with Crippen LogP contribution in [0.1, 0.15) is 45.8 Å². The molecule has 6 nitrogen and oxygen atoms in total. The van der Waals surface area contributed by atoms with Crippen molar-refractivity contribution in [2.75, 3.05) is 19.0 Å². The van der Waals surface area contributed by atoms with Gasteiger partial charge in [-0.2, -0.15) is 0 Å². The van der Waals surface area contributed by atoms with Gasteiger partial charge in [0, 0.05) is 22.8 Å². The molecule has 1 atom stereocenters. The van der Waals surface area contributed by atoms with E-state index in [0.29, 0.717) is 34.9 Å². The molecule has 0 spiro atoms. The van der Waals surface area contributed by atoms with E-state index in [-0.39, 0.29) is 23.1 Å². The summed E-state index contributed by atoms with van der Waals surface area (Å²) in [5.41, 5.74) is 2.22. The molecule has 166 valence electrons. The summed E-state index contributed by atoms with van der Waals surface area (Å²) in [5.74, 6) is -0.911. The SMILES string of the molecule is CCCOc1cc([C@H]2CC(=O)Nc3c2sc(C(=O)O)c3-c2ccc(F)cc2)ccc1OC. The first-order valence-electron chi connectivity index (χ1n) is 10.2. The summed E-state index contributed by atoms with van der Waals surface area (Å²) in [6.45, 7) is 2.53. The number of carbonyl (C=O) groups is 2. The van der Waals surface area contributed by atoms with Crippen LogP contribution in [0.15, 0.2) is 42.5 Å². The second-order valence-corrected chi connectivity index (χ2v) is 8.47. The number of carboxylic acids is 1. The first kappa shape index (κ1) is 21.8. The van der Waals surface area contributed by atoms with Gasteiger partial charge in [0.2, 0.25) is 5.91 Å². The second-order valence-electron chi connectivity index (χ2n) is 7.42. The van der Waals surface area contributed by atoms with E-state index in [9.17, 15) is 19.1 Å². The maximum absolute atomic E-state index is 13.5. The van der Waals surface area contributed by atoms with Crippen molar-refractivity contribution in [1.29, 1.82) is 0 Å². The molecule has 1 amide bonds. The van der Waals surface area contributed by atoms with Gasteiger partial charge >= 0.3 is 5.97 Å². The van der Waals surface area contributed by atoms with Gasteiger partial charge in [-0.3, -0.25) is 4.79 Å². The number of ether oxygens (including phenoxy) is 2. The molecule has 2 N–H and O–H groups in total. The van der Waals surface area contributed by atoms with Gasteiger partial charge in [0.05, 0.1) is 19.4 Å². The minimum absolute atomic E-state index is 0.102. The van der Waals surface area contributed by atoms with Crippen LogP contribution < -0.4 is 14.8 Å². The summed E-state index contributed by atoms with van der Waals surface area (Å²) in [4.78, 5) is 25.5. The predicted octanol–water partition coefficient (Wildman–Crippen LogP) is 5.52. The largest absolute Gasteiger partial charge is 0.493 e. The van der Waals surface area contributed by atoms with Crippen LogP contribution in [0.2, 0.25) is 0 Å². The third-order valence-electron chi connectivity index (χ3n) is 5.28. The smallest absolute Gasteiger partial charge is 0.346 e. The highest BCUT2D eigenvalue weighted by Crippen LogP contribution is 2.50. The van der Waals surface area contributed by atoms with Crippen LogP contribution in [0, 0.1) is 5.82 Å². The van der Waals surface area contributed by atoms with E-state index in [1.165, 1.54) is 24.3 Å². The lowest BCUT2D eigenvalue weighted by Crippen LogP contribution is -2.22. The summed E-state index contributed by atoms with van der Waals surface area (Å²) in [5, 5.41) is 12.7. The quantitative estimate of drug-likeness (QED) is 0.490. The van der Waals surface area contributed by atoms with E-state index < -0.39 is 11.8 Å². The fourth-order valence-electron chi connectivity index (χ4n) is 3.83. The summed E-state index contributed by atoms with van der Waals surface area (Å²) in [6.07, 6.45) is 1.01. The number of hydrogen-bond acceptors (Lipinski definition) is 5. The molecule has 0 aliphatic carbocycles. The first-order chi connectivity index (χ1) is 15.4. The van der Waals surface area contributed by atoms with Crippen molar-refractivity contribution in [3.63, 3.8) is 0 Å². The molecule has 0 saturated heterocycles. The van der Waals surface area contributed by atoms with E-state index in [1.807, 2.05) is 19.1 Å². The normalized spacial score (nSPS) is 15.1. The van der Waals surface area contributed by atoms with Gasteiger partial charge < -0.3 is 19.9 Å². The molecule has 4 rings (SSSR count). The standard InChI is InChI=1S/C24H22FNO5S/c1-3-10-31-18-11-14(6-9-17(18)30-2)16-12-19(27)26-21-20(13-4-7-15(25)8-5-13)23(24(28)29)32-22(16)21/h4-9,11,16H,3,10,12H2,1-2H3,(H,26,27)(H,28,29)/t16-/m1/s1. The van der Waals surface area contributed by atoms with Crippen molar-refractivity contribution in [3.8, 4) is 22.6 Å². The molecule has 1 aromatic heterocycles. The average molecular weight is 456 g/mol. The zero-order chi connectivity index (χ0) is 22.8. The summed E-state index contributed by atoms with van der Waals surface area (Å²) >= 11 is 1.13. The highest BCUT2D eigenvalue weighted by atomic mass is 32.1. The molecular formula is C24H22FNO5S. The van der Waals surface area contributed by atoms with Crippen molar-refractivity contribution >= 4 is 28.9 Å². The molecule has 8 heteroatoms. The Balaban J connectivity index is 1.85. The number of aromatic carboxylic acids is 1. The van der Waals surface area contributed by atoms with Crippen LogP contribution >= 0.6 is 11.3 Å². The zero-order valence-corrected chi connectivity index (χ0v) is 18.4. The van der Waals surface area contributed by atoms with Crippen LogP contribution in [0.5, 0.6) is 11.5 Å². The number of nitrogens with one attached hydrogen (secondary N) is 1. The van der Waals surface area contributed by atoms with Gasteiger partial charge in [0.25, 0.3) is 0 Å². The lowest BCUT2D eigenvalue weighted by atomic mass is 9.88. The molecule has 3 aromatic rings. The van der Waals surface area contributed by atoms with Gasteiger partial charge in [-0.15, -0.1) is 11.3 Å². The van der Waals surface area contributed by atoms with E-state index >= 15 is 0 Å². The van der Waals surface area contributed by atoms with Gasteiger partial charge in [0.15, 0.2) is 11.5 Å². The van der Waals surface area contributed by atoms with Gasteiger partial charge in [-0.05, 0) is 41.8 Å². The summed E-state index contributed by atoms with van der Waals surface area (Å²) in [6, 6.07) is 11.1. The molecule has 0 saturated carbocycles. The Hall–Kier alpha value is -3.39. The van der Waals surface area contributed by atoms with Gasteiger partial charge in [-0.1, -0.05) is 25.1 Å². The molecule has 0 radical (unpaired) electrons. The van der Waals surface area contributed by atoms with Gasteiger partial charge in [0.1, 0.15) is 10.7 Å². The predicted molar refractivity (Wildman–Crippen MR) is 121 cm³/mol. The van der Waals surface area contributed by atoms with Crippen LogP contribution in [-0.2, 0) is 4.79 Å². The maximum atomic E-state index is 13.5. The number of carboxylic acid groups (broad SMARTS) is 1. The molecular weight excluding hydrogens is 433 g/mol. The summed E-state index contributed by atoms with van der Waals surface area (Å²) in [7, 11) is 1.56. The maximum Gasteiger partial charge on any atom is 0.346 e. The third kappa shape index (κ3) is 4.05. The average Bonchev–Trinajstić information content (AvgIpc) is 3.17. The Morgan fingerprint density at radius 3 is 2.62 bits per heavy atom. The monoisotopic (exact) mass is 455 g/mol. The topological polar surface area (TPSA) is 84.9 Å². The number of thiophene rings is 1. The summed E-state index contributed by atoms with van der Waals surface area (Å²) < 4.78 is 24.7. The number of rotatable bonds is 7. The number of methoxy groups -OCH3 is 1. The number of fused-ring (bicyclic) bond motifs is 1. The number of amides is 1. The fraction of sp³-hybridized carbons (Fsp3) is 0.250. The molecule has 2 aromatic carbocycles. The molecule has 32 heavy (non-hydrogen) atoms. The third-order valence-corrected chi connectivity index (χ3v) is 6.58. The van der Waals surface area contributed by atoms with E-state index in [1.54, 1.807) is 13.2 Å². The molecule has 0 bridgehead atoms. The first-order valence-corrected chi connectivity index (χ1v) is 11.0. The number of halogens is 1. The molecule has 2 heterocycles. The number of carbonyl (C=O) groups excluding carboxylic acids is 1. The van der Waals surface area contributed by atoms with Crippen LogP contribution in [0.4, 0.5) is 10.1 Å². The minimum atomic E-state index is -1.10. The highest BCUT2D eigenvalue weighted by molar-refractivity contribution is 7.15. The molecule has 1 aliphatic rings.